The molecule has 0 atom stereocenters. The zero-order chi connectivity index (χ0) is 18.9. The molecule has 10 heteroatoms. The maximum absolute atomic E-state index is 12.5. The van der Waals surface area contributed by atoms with Crippen LogP contribution in [0.15, 0.2) is 53.6 Å². The van der Waals surface area contributed by atoms with Gasteiger partial charge in [-0.25, -0.2) is 8.42 Å². The van der Waals surface area contributed by atoms with Gasteiger partial charge in [-0.2, -0.15) is 5.10 Å². The van der Waals surface area contributed by atoms with Crippen molar-refractivity contribution in [3.63, 3.8) is 0 Å². The van der Waals surface area contributed by atoms with Crippen molar-refractivity contribution in [1.82, 2.24) is 9.78 Å². The zero-order valence-electron chi connectivity index (χ0n) is 13.0. The van der Waals surface area contributed by atoms with E-state index in [-0.39, 0.29) is 25.8 Å². The van der Waals surface area contributed by atoms with Crippen molar-refractivity contribution in [2.24, 2.45) is 0 Å². The van der Waals surface area contributed by atoms with Crippen molar-refractivity contribution in [2.45, 2.75) is 11.4 Å². The molecule has 3 aromatic rings. The summed E-state index contributed by atoms with van der Waals surface area (Å²) >= 11 is 23.6. The Morgan fingerprint density at radius 2 is 1.58 bits per heavy atom. The summed E-state index contributed by atoms with van der Waals surface area (Å²) in [5, 5.41) is 5.06. The highest BCUT2D eigenvalue weighted by Gasteiger charge is 2.21. The minimum absolute atomic E-state index is 0.0347. The minimum atomic E-state index is -3.97. The van der Waals surface area contributed by atoms with Crippen LogP contribution < -0.4 is 4.72 Å². The first kappa shape index (κ1) is 19.3. The van der Waals surface area contributed by atoms with Crippen LogP contribution in [-0.4, -0.2) is 18.2 Å². The summed E-state index contributed by atoms with van der Waals surface area (Å²) in [6.07, 6.45) is 1.66. The average molecular weight is 451 g/mol. The van der Waals surface area contributed by atoms with Gasteiger partial charge in [0.15, 0.2) is 5.82 Å². The number of hydrogen-bond donors (Lipinski definition) is 1. The molecule has 0 unspecified atom stereocenters. The van der Waals surface area contributed by atoms with E-state index in [1.165, 1.54) is 12.1 Å². The molecular formula is C16H11Cl4N3O2S. The Balaban J connectivity index is 1.80. The molecule has 5 nitrogen and oxygen atoms in total. The van der Waals surface area contributed by atoms with Crippen LogP contribution in [0, 0.1) is 0 Å². The molecule has 1 N–H and O–H groups in total. The van der Waals surface area contributed by atoms with Crippen LogP contribution in [0.4, 0.5) is 5.82 Å². The molecule has 0 aliphatic rings. The lowest BCUT2D eigenvalue weighted by Gasteiger charge is -2.09. The highest BCUT2D eigenvalue weighted by Crippen LogP contribution is 2.32. The second-order valence-electron chi connectivity index (χ2n) is 5.33. The fourth-order valence-corrected chi connectivity index (χ4v) is 4.31. The SMILES string of the molecule is O=S(=O)(Nc1ccn(Cc2ccc(Cl)cc2)n1)c1cc(Cl)c(Cl)cc1Cl. The van der Waals surface area contributed by atoms with Gasteiger partial charge in [0.2, 0.25) is 0 Å². The average Bonchev–Trinajstić information content (AvgIpc) is 2.99. The number of nitrogens with one attached hydrogen (secondary N) is 1. The molecule has 2 aromatic carbocycles. The fraction of sp³-hybridized carbons (Fsp3) is 0.0625. The van der Waals surface area contributed by atoms with Crippen LogP contribution in [-0.2, 0) is 16.6 Å². The Hall–Kier alpha value is -1.44. The molecule has 1 heterocycles. The number of rotatable bonds is 5. The van der Waals surface area contributed by atoms with E-state index >= 15 is 0 Å². The Morgan fingerprint density at radius 1 is 0.923 bits per heavy atom. The highest BCUT2D eigenvalue weighted by molar-refractivity contribution is 7.92. The second-order valence-corrected chi connectivity index (χ2v) is 8.64. The molecule has 0 aliphatic carbocycles. The maximum Gasteiger partial charge on any atom is 0.264 e. The summed E-state index contributed by atoms with van der Waals surface area (Å²) < 4.78 is 29.0. The van der Waals surface area contributed by atoms with Crippen LogP contribution in [0.25, 0.3) is 0 Å². The third-order valence-electron chi connectivity index (χ3n) is 3.40. The normalized spacial score (nSPS) is 11.5. The van der Waals surface area contributed by atoms with Crippen LogP contribution in [0.3, 0.4) is 0 Å². The van der Waals surface area contributed by atoms with Gasteiger partial charge >= 0.3 is 0 Å². The highest BCUT2D eigenvalue weighted by atomic mass is 35.5. The molecule has 0 aliphatic heterocycles. The number of anilines is 1. The number of aromatic nitrogens is 2. The van der Waals surface area contributed by atoms with E-state index in [2.05, 4.69) is 9.82 Å². The Morgan fingerprint density at radius 3 is 2.27 bits per heavy atom. The largest absolute Gasteiger partial charge is 0.266 e. The van der Waals surface area contributed by atoms with Crippen LogP contribution in [0.5, 0.6) is 0 Å². The second kappa shape index (κ2) is 7.66. The molecule has 26 heavy (non-hydrogen) atoms. The summed E-state index contributed by atoms with van der Waals surface area (Å²) in [6, 6.07) is 11.3. The summed E-state index contributed by atoms with van der Waals surface area (Å²) in [5.74, 6) is 0.154. The molecule has 0 amide bonds. The Bertz CT molecular complexity index is 1050. The lowest BCUT2D eigenvalue weighted by Crippen LogP contribution is -2.14. The van der Waals surface area contributed by atoms with Crippen molar-refractivity contribution in [3.8, 4) is 0 Å². The molecule has 0 radical (unpaired) electrons. The third kappa shape index (κ3) is 4.45. The summed E-state index contributed by atoms with van der Waals surface area (Å²) in [4.78, 5) is -0.180. The van der Waals surface area contributed by atoms with Gasteiger partial charge < -0.3 is 0 Å². The molecule has 0 spiro atoms. The molecule has 136 valence electrons. The first-order chi connectivity index (χ1) is 12.2. The summed E-state index contributed by atoms with van der Waals surface area (Å²) in [7, 11) is -3.97. The molecule has 3 rings (SSSR count). The zero-order valence-corrected chi connectivity index (χ0v) is 16.8. The van der Waals surface area contributed by atoms with Crippen LogP contribution >= 0.6 is 46.4 Å². The van der Waals surface area contributed by atoms with Gasteiger partial charge in [0.05, 0.1) is 21.6 Å². The molecule has 1 aromatic heterocycles. The van der Waals surface area contributed by atoms with Gasteiger partial charge in [-0.3, -0.25) is 9.40 Å². The van der Waals surface area contributed by atoms with E-state index in [9.17, 15) is 8.42 Å². The molecule has 0 fully saturated rings. The van der Waals surface area contributed by atoms with E-state index in [4.69, 9.17) is 46.4 Å². The molecule has 0 saturated carbocycles. The Labute approximate surface area is 170 Å². The molecular weight excluding hydrogens is 440 g/mol. The number of sulfonamides is 1. The van der Waals surface area contributed by atoms with Crippen molar-refractivity contribution in [2.75, 3.05) is 4.72 Å². The number of benzene rings is 2. The number of nitrogens with zero attached hydrogens (tertiary/aromatic N) is 2. The van der Waals surface area contributed by atoms with Gasteiger partial charge in [0.25, 0.3) is 10.0 Å². The smallest absolute Gasteiger partial charge is 0.264 e. The van der Waals surface area contributed by atoms with Gasteiger partial charge in [0.1, 0.15) is 4.90 Å². The van der Waals surface area contributed by atoms with Crippen molar-refractivity contribution >= 4 is 62.2 Å². The van der Waals surface area contributed by atoms with Crippen molar-refractivity contribution in [1.29, 1.82) is 0 Å². The fourth-order valence-electron chi connectivity index (χ4n) is 2.18. The lowest BCUT2D eigenvalue weighted by molar-refractivity contribution is 0.600. The van der Waals surface area contributed by atoms with Crippen molar-refractivity contribution < 1.29 is 8.42 Å². The predicted octanol–water partition coefficient (Wildman–Crippen LogP) is 5.35. The van der Waals surface area contributed by atoms with Gasteiger partial charge in [0, 0.05) is 17.3 Å². The van der Waals surface area contributed by atoms with Crippen molar-refractivity contribution in [3.05, 3.63) is 74.3 Å². The monoisotopic (exact) mass is 449 g/mol. The first-order valence-electron chi connectivity index (χ1n) is 7.20. The summed E-state index contributed by atoms with van der Waals surface area (Å²) in [5.41, 5.74) is 0.972. The van der Waals surface area contributed by atoms with E-state index in [0.29, 0.717) is 11.6 Å². The van der Waals surface area contributed by atoms with Crippen LogP contribution in [0.2, 0.25) is 20.1 Å². The molecule has 0 bridgehead atoms. The Kier molecular flexibility index (Phi) is 5.69. The maximum atomic E-state index is 12.5. The van der Waals surface area contributed by atoms with Gasteiger partial charge in [-0.15, -0.1) is 0 Å². The standard InChI is InChI=1S/C16H11Cl4N3O2S/c17-11-3-1-10(2-4-11)9-23-6-5-16(21-23)22-26(24,25)15-8-13(19)12(18)7-14(15)20/h1-8H,9H2,(H,21,22). The van der Waals surface area contributed by atoms with Crippen LogP contribution in [0.1, 0.15) is 5.56 Å². The first-order valence-corrected chi connectivity index (χ1v) is 10.2. The van der Waals surface area contributed by atoms with E-state index in [1.807, 2.05) is 12.1 Å². The van der Waals surface area contributed by atoms with Gasteiger partial charge in [-0.05, 0) is 29.8 Å². The van der Waals surface area contributed by atoms with E-state index in [1.54, 1.807) is 29.1 Å². The lowest BCUT2D eigenvalue weighted by atomic mass is 10.2. The van der Waals surface area contributed by atoms with E-state index in [0.717, 1.165) is 5.56 Å². The van der Waals surface area contributed by atoms with Gasteiger partial charge in [-0.1, -0.05) is 58.5 Å². The number of halogens is 4. The quantitative estimate of drug-likeness (QED) is 0.533. The third-order valence-corrected chi connectivity index (χ3v) is 6.20. The summed E-state index contributed by atoms with van der Waals surface area (Å²) in [6.45, 7) is 0.465. The predicted molar refractivity (Wildman–Crippen MR) is 105 cm³/mol. The number of hydrogen-bond acceptors (Lipinski definition) is 3. The van der Waals surface area contributed by atoms with E-state index < -0.39 is 10.0 Å². The topological polar surface area (TPSA) is 64.0 Å². The minimum Gasteiger partial charge on any atom is -0.266 e. The molecule has 0 saturated heterocycles.